The summed E-state index contributed by atoms with van der Waals surface area (Å²) in [5.74, 6) is 0.0753. The molecule has 0 radical (unpaired) electrons. The minimum absolute atomic E-state index is 0. The normalized spacial score (nSPS) is 16.9. The summed E-state index contributed by atoms with van der Waals surface area (Å²) in [7, 11) is 0. The molecule has 2 atom stereocenters. The first-order chi connectivity index (χ1) is 15.8. The van der Waals surface area contributed by atoms with Gasteiger partial charge in [-0.1, -0.05) is 24.6 Å². The molecule has 5 rings (SSSR count). The van der Waals surface area contributed by atoms with Gasteiger partial charge in [0, 0.05) is 24.9 Å². The third kappa shape index (κ3) is 4.37. The summed E-state index contributed by atoms with van der Waals surface area (Å²) in [4.78, 5) is 35.9. The van der Waals surface area contributed by atoms with E-state index in [0.717, 1.165) is 0 Å². The molecule has 1 fully saturated rings. The van der Waals surface area contributed by atoms with Crippen LogP contribution in [-0.2, 0) is 0 Å². The molecule has 9 nitrogen and oxygen atoms in total. The number of rotatable bonds is 4. The lowest BCUT2D eigenvalue weighted by molar-refractivity contribution is 0.101. The lowest BCUT2D eigenvalue weighted by atomic mass is 9.88. The monoisotopic (exact) mass is 535 g/mol. The quantitative estimate of drug-likeness (QED) is 0.399. The summed E-state index contributed by atoms with van der Waals surface area (Å²) in [6.45, 7) is 3.96. The molecule has 1 aromatic carbocycles. The van der Waals surface area contributed by atoms with Crippen molar-refractivity contribution < 1.29 is 9.18 Å². The minimum atomic E-state index is -0.493. The first kappa shape index (κ1) is 26.5. The van der Waals surface area contributed by atoms with Crippen LogP contribution in [0.15, 0.2) is 47.5 Å². The SMILES string of the molecule is CC(=O)c1cnc(N)nc1N1C[C@H](C)[C@H]1c1nn2ccc(Cl)c2c(=O)n1-c1cccc(F)c1.S.S. The molecule has 0 saturated carbocycles. The van der Waals surface area contributed by atoms with Gasteiger partial charge >= 0.3 is 0 Å². The second-order valence-electron chi connectivity index (χ2n) is 8.03. The van der Waals surface area contributed by atoms with E-state index in [1.54, 1.807) is 18.3 Å². The first-order valence-electron chi connectivity index (χ1n) is 10.2. The Bertz CT molecular complexity index is 1490. The van der Waals surface area contributed by atoms with Gasteiger partial charge in [-0.25, -0.2) is 13.9 Å². The lowest BCUT2D eigenvalue weighted by Crippen LogP contribution is -2.52. The van der Waals surface area contributed by atoms with E-state index in [2.05, 4.69) is 15.1 Å². The Hall–Kier alpha value is -3.09. The Morgan fingerprint density at radius 2 is 2.00 bits per heavy atom. The number of benzene rings is 1. The van der Waals surface area contributed by atoms with Gasteiger partial charge in [0.1, 0.15) is 17.2 Å². The number of ketones is 1. The van der Waals surface area contributed by atoms with Gasteiger partial charge in [0.2, 0.25) is 5.95 Å². The summed E-state index contributed by atoms with van der Waals surface area (Å²) in [6, 6.07) is 6.83. The van der Waals surface area contributed by atoms with Crippen LogP contribution in [0.4, 0.5) is 16.2 Å². The molecule has 0 unspecified atom stereocenters. The summed E-state index contributed by atoms with van der Waals surface area (Å²) >= 11 is 6.25. The van der Waals surface area contributed by atoms with Gasteiger partial charge in [0.25, 0.3) is 5.56 Å². The highest BCUT2D eigenvalue weighted by molar-refractivity contribution is 7.59. The number of nitrogen functional groups attached to an aromatic ring is 1. The van der Waals surface area contributed by atoms with Crippen molar-refractivity contribution in [2.75, 3.05) is 17.2 Å². The van der Waals surface area contributed by atoms with Crippen molar-refractivity contribution in [3.8, 4) is 5.69 Å². The van der Waals surface area contributed by atoms with Crippen molar-refractivity contribution >= 4 is 61.7 Å². The van der Waals surface area contributed by atoms with Gasteiger partial charge in [-0.3, -0.25) is 14.2 Å². The second kappa shape index (κ2) is 9.88. The topological polar surface area (TPSA) is 111 Å². The van der Waals surface area contributed by atoms with Gasteiger partial charge in [-0.2, -0.15) is 37.1 Å². The highest BCUT2D eigenvalue weighted by atomic mass is 35.5. The number of fused-ring (bicyclic) bond motifs is 1. The maximum absolute atomic E-state index is 14.1. The highest BCUT2D eigenvalue weighted by Crippen LogP contribution is 2.42. The molecule has 4 heterocycles. The van der Waals surface area contributed by atoms with E-state index in [4.69, 9.17) is 17.3 Å². The molecule has 0 amide bonds. The van der Waals surface area contributed by atoms with Crippen LogP contribution in [0, 0.1) is 11.7 Å². The van der Waals surface area contributed by atoms with E-state index in [1.165, 1.54) is 40.4 Å². The first-order valence-corrected chi connectivity index (χ1v) is 10.6. The van der Waals surface area contributed by atoms with Crippen LogP contribution in [0.25, 0.3) is 11.2 Å². The molecule has 0 bridgehead atoms. The van der Waals surface area contributed by atoms with Crippen molar-refractivity contribution in [2.45, 2.75) is 19.9 Å². The van der Waals surface area contributed by atoms with E-state index in [-0.39, 0.29) is 55.2 Å². The second-order valence-corrected chi connectivity index (χ2v) is 8.44. The van der Waals surface area contributed by atoms with Crippen molar-refractivity contribution in [3.05, 3.63) is 75.3 Å². The Morgan fingerprint density at radius 3 is 2.66 bits per heavy atom. The maximum Gasteiger partial charge on any atom is 0.284 e. The molecule has 184 valence electrons. The van der Waals surface area contributed by atoms with E-state index in [1.807, 2.05) is 11.8 Å². The van der Waals surface area contributed by atoms with Gasteiger partial charge in [-0.05, 0) is 31.2 Å². The lowest BCUT2D eigenvalue weighted by Gasteiger charge is -2.47. The molecule has 1 aliphatic heterocycles. The molecule has 13 heteroatoms. The van der Waals surface area contributed by atoms with Crippen molar-refractivity contribution in [1.82, 2.24) is 24.1 Å². The number of nitrogens with zero attached hydrogens (tertiary/aromatic N) is 6. The number of anilines is 2. The van der Waals surface area contributed by atoms with Gasteiger partial charge < -0.3 is 10.6 Å². The standard InChI is InChI=1S/C22H19ClFN7O2.2H2S/c1-11-10-29(19-15(12(2)32)9-26-22(25)27-19)17(11)20-28-30-7-6-16(23)18(30)21(33)31(20)14-5-3-4-13(24)8-14;;/h3-9,11,17H,10H2,1-2H3,(H2,25,26,27);2*1H2/t11-,17-;;/m0../s1. The number of carbonyl (C=O) groups is 1. The molecular weight excluding hydrogens is 513 g/mol. The van der Waals surface area contributed by atoms with E-state index in [0.29, 0.717) is 29.4 Å². The molecule has 2 N–H and O–H groups in total. The fourth-order valence-electron chi connectivity index (χ4n) is 4.26. The molecular formula is C22H23ClFN7O2S2. The van der Waals surface area contributed by atoms with Crippen molar-refractivity contribution in [1.29, 1.82) is 0 Å². The number of hydrogen-bond acceptors (Lipinski definition) is 7. The Balaban J connectivity index is 0.00000171. The van der Waals surface area contributed by atoms with Crippen LogP contribution in [0.5, 0.6) is 0 Å². The predicted octanol–water partition coefficient (Wildman–Crippen LogP) is 3.28. The van der Waals surface area contributed by atoms with Crippen LogP contribution >= 0.6 is 38.6 Å². The maximum atomic E-state index is 14.1. The number of hydrogen-bond donors (Lipinski definition) is 1. The van der Waals surface area contributed by atoms with E-state index >= 15 is 0 Å². The molecule has 35 heavy (non-hydrogen) atoms. The average molecular weight is 536 g/mol. The van der Waals surface area contributed by atoms with Gasteiger partial charge in [0.15, 0.2) is 11.6 Å². The third-order valence-corrected chi connectivity index (χ3v) is 6.10. The number of Topliss-reactive ketones (excluding diaryl/α,β-unsaturated/α-hetero) is 1. The minimum Gasteiger partial charge on any atom is -0.368 e. The zero-order valence-electron chi connectivity index (χ0n) is 18.7. The van der Waals surface area contributed by atoms with Crippen LogP contribution in [0.3, 0.4) is 0 Å². The fraction of sp³-hybridized carbons (Fsp3) is 0.227. The summed E-state index contributed by atoms with van der Waals surface area (Å²) in [5.41, 5.74) is 6.18. The van der Waals surface area contributed by atoms with Crippen LogP contribution in [-0.4, -0.2) is 36.5 Å². The molecule has 3 aromatic heterocycles. The number of nitrogens with two attached hydrogens (primary N) is 1. The van der Waals surface area contributed by atoms with Gasteiger partial charge in [0.05, 0.1) is 22.3 Å². The third-order valence-electron chi connectivity index (χ3n) is 5.79. The summed E-state index contributed by atoms with van der Waals surface area (Å²) < 4.78 is 16.9. The van der Waals surface area contributed by atoms with Crippen LogP contribution in [0.2, 0.25) is 5.02 Å². The predicted molar refractivity (Wildman–Crippen MR) is 142 cm³/mol. The fourth-order valence-corrected chi connectivity index (χ4v) is 4.49. The Kier molecular flexibility index (Phi) is 7.48. The molecule has 4 aromatic rings. The number of aromatic nitrogens is 5. The van der Waals surface area contributed by atoms with Crippen molar-refractivity contribution in [3.63, 3.8) is 0 Å². The van der Waals surface area contributed by atoms with E-state index < -0.39 is 17.4 Å². The Labute approximate surface area is 218 Å². The molecule has 1 saturated heterocycles. The van der Waals surface area contributed by atoms with Crippen LogP contribution in [0.1, 0.15) is 36.1 Å². The smallest absolute Gasteiger partial charge is 0.284 e. The summed E-state index contributed by atoms with van der Waals surface area (Å²) in [5, 5.41) is 4.92. The van der Waals surface area contributed by atoms with E-state index in [9.17, 15) is 14.0 Å². The number of halogens is 2. The zero-order valence-corrected chi connectivity index (χ0v) is 21.5. The molecule has 1 aliphatic rings. The average Bonchev–Trinajstić information content (AvgIpc) is 3.12. The number of carbonyl (C=O) groups excluding carboxylic acids is 1. The molecule has 0 spiro atoms. The summed E-state index contributed by atoms with van der Waals surface area (Å²) in [6.07, 6.45) is 2.98. The highest BCUT2D eigenvalue weighted by Gasteiger charge is 2.43. The molecule has 0 aliphatic carbocycles. The zero-order chi connectivity index (χ0) is 23.4. The van der Waals surface area contributed by atoms with Crippen molar-refractivity contribution in [2.24, 2.45) is 5.92 Å². The Morgan fingerprint density at radius 1 is 1.26 bits per heavy atom. The van der Waals surface area contributed by atoms with Gasteiger partial charge in [-0.15, -0.1) is 0 Å². The largest absolute Gasteiger partial charge is 0.368 e. The van der Waals surface area contributed by atoms with Crippen LogP contribution < -0.4 is 16.2 Å².